The van der Waals surface area contributed by atoms with E-state index in [0.717, 1.165) is 0 Å². The highest BCUT2D eigenvalue weighted by Crippen LogP contribution is 2.18. The summed E-state index contributed by atoms with van der Waals surface area (Å²) in [5, 5.41) is 4.81. The van der Waals surface area contributed by atoms with E-state index in [4.69, 9.17) is 0 Å². The summed E-state index contributed by atoms with van der Waals surface area (Å²) in [6, 6.07) is 3.99. The molecule has 0 spiro atoms. The third-order valence-electron chi connectivity index (χ3n) is 1.40. The Labute approximate surface area is 83.5 Å². The molecule has 0 unspecified atom stereocenters. The average Bonchev–Trinajstić information content (AvgIpc) is 2.11. The smallest absolute Gasteiger partial charge is 0.318 e. The number of halogens is 2. The third-order valence-corrected chi connectivity index (χ3v) is 2.05. The van der Waals surface area contributed by atoms with Gasteiger partial charge in [0, 0.05) is 12.7 Å². The molecule has 0 heterocycles. The number of anilines is 1. The lowest BCUT2D eigenvalue weighted by molar-refractivity contribution is 0.254. The van der Waals surface area contributed by atoms with Crippen LogP contribution in [0, 0.1) is 5.82 Å². The number of rotatable bonds is 1. The molecule has 2 N–H and O–H groups in total. The fourth-order valence-corrected chi connectivity index (χ4v) is 1.01. The van der Waals surface area contributed by atoms with Gasteiger partial charge in [-0.3, -0.25) is 0 Å². The average molecular weight is 247 g/mol. The molecule has 2 amide bonds. The molecule has 0 bridgehead atoms. The van der Waals surface area contributed by atoms with Gasteiger partial charge in [-0.2, -0.15) is 0 Å². The van der Waals surface area contributed by atoms with Crippen molar-refractivity contribution in [2.45, 2.75) is 0 Å². The van der Waals surface area contributed by atoms with E-state index in [1.807, 2.05) is 0 Å². The standard InChI is InChI=1S/C8H8BrFN2O/c1-11-8(13)12-5-2-3-6(9)7(10)4-5/h2-4H,1H3,(H2,11,12,13). The van der Waals surface area contributed by atoms with Crippen LogP contribution in [0.3, 0.4) is 0 Å². The lowest BCUT2D eigenvalue weighted by atomic mass is 10.3. The summed E-state index contributed by atoms with van der Waals surface area (Å²) in [4.78, 5) is 10.8. The number of hydrogen-bond acceptors (Lipinski definition) is 1. The van der Waals surface area contributed by atoms with E-state index in [-0.39, 0.29) is 6.03 Å². The highest BCUT2D eigenvalue weighted by molar-refractivity contribution is 9.10. The van der Waals surface area contributed by atoms with Gasteiger partial charge >= 0.3 is 6.03 Å². The van der Waals surface area contributed by atoms with Crippen molar-refractivity contribution in [1.29, 1.82) is 0 Å². The second-order valence-electron chi connectivity index (χ2n) is 2.33. The molecule has 0 aliphatic carbocycles. The summed E-state index contributed by atoms with van der Waals surface area (Å²) in [7, 11) is 1.49. The van der Waals surface area contributed by atoms with Crippen molar-refractivity contribution in [2.75, 3.05) is 12.4 Å². The summed E-state index contributed by atoms with van der Waals surface area (Å²) in [6.45, 7) is 0. The first-order valence-corrected chi connectivity index (χ1v) is 4.36. The summed E-state index contributed by atoms with van der Waals surface area (Å²) in [6.07, 6.45) is 0. The first-order chi connectivity index (χ1) is 6.13. The first-order valence-electron chi connectivity index (χ1n) is 3.57. The maximum absolute atomic E-state index is 12.9. The van der Waals surface area contributed by atoms with Gasteiger partial charge in [-0.1, -0.05) is 0 Å². The van der Waals surface area contributed by atoms with E-state index < -0.39 is 5.82 Å². The molecule has 1 aromatic carbocycles. The molecule has 0 aliphatic rings. The van der Waals surface area contributed by atoms with Gasteiger partial charge in [-0.15, -0.1) is 0 Å². The molecule has 0 saturated carbocycles. The van der Waals surface area contributed by atoms with Crippen molar-refractivity contribution in [3.05, 3.63) is 28.5 Å². The summed E-state index contributed by atoms with van der Waals surface area (Å²) < 4.78 is 13.3. The SMILES string of the molecule is CNC(=O)Nc1ccc(Br)c(F)c1. The largest absolute Gasteiger partial charge is 0.341 e. The van der Waals surface area contributed by atoms with Gasteiger partial charge in [0.15, 0.2) is 0 Å². The van der Waals surface area contributed by atoms with Crippen molar-refractivity contribution in [3.8, 4) is 0 Å². The van der Waals surface area contributed by atoms with Gasteiger partial charge in [0.2, 0.25) is 0 Å². The Kier molecular flexibility index (Phi) is 3.25. The molecule has 5 heteroatoms. The summed E-state index contributed by atoms with van der Waals surface area (Å²) >= 11 is 3.01. The van der Waals surface area contributed by atoms with Crippen molar-refractivity contribution in [3.63, 3.8) is 0 Å². The second kappa shape index (κ2) is 4.23. The predicted octanol–water partition coefficient (Wildman–Crippen LogP) is 2.34. The molecule has 0 aliphatic heterocycles. The van der Waals surface area contributed by atoms with E-state index in [1.54, 1.807) is 6.07 Å². The zero-order valence-corrected chi connectivity index (χ0v) is 8.48. The number of hydrogen-bond donors (Lipinski definition) is 2. The Hall–Kier alpha value is -1.10. The van der Waals surface area contributed by atoms with Gasteiger partial charge in [-0.05, 0) is 34.1 Å². The van der Waals surface area contributed by atoms with E-state index in [9.17, 15) is 9.18 Å². The number of carbonyl (C=O) groups is 1. The lowest BCUT2D eigenvalue weighted by Gasteiger charge is -2.04. The van der Waals surface area contributed by atoms with Crippen LogP contribution in [0.1, 0.15) is 0 Å². The minimum absolute atomic E-state index is 0.370. The Morgan fingerprint density at radius 3 is 2.77 bits per heavy atom. The zero-order valence-electron chi connectivity index (χ0n) is 6.90. The predicted molar refractivity (Wildman–Crippen MR) is 52.2 cm³/mol. The monoisotopic (exact) mass is 246 g/mol. The van der Waals surface area contributed by atoms with Crippen LogP contribution in [0.25, 0.3) is 0 Å². The Bertz CT molecular complexity index is 330. The number of urea groups is 1. The topological polar surface area (TPSA) is 41.1 Å². The maximum atomic E-state index is 12.9. The van der Waals surface area contributed by atoms with Crippen LogP contribution in [0.5, 0.6) is 0 Å². The molecule has 0 radical (unpaired) electrons. The van der Waals surface area contributed by atoms with Crippen molar-refractivity contribution in [1.82, 2.24) is 5.32 Å². The fourth-order valence-electron chi connectivity index (χ4n) is 0.767. The van der Waals surface area contributed by atoms with Crippen LogP contribution in [0.4, 0.5) is 14.9 Å². The van der Waals surface area contributed by atoms with Crippen LogP contribution in [-0.4, -0.2) is 13.1 Å². The molecule has 1 rings (SSSR count). The van der Waals surface area contributed by atoms with E-state index in [0.29, 0.717) is 10.2 Å². The van der Waals surface area contributed by atoms with Crippen LogP contribution < -0.4 is 10.6 Å². The number of carbonyl (C=O) groups excluding carboxylic acids is 1. The summed E-state index contributed by atoms with van der Waals surface area (Å²) in [5.74, 6) is -0.408. The van der Waals surface area contributed by atoms with Gasteiger partial charge in [-0.25, -0.2) is 9.18 Å². The molecule has 13 heavy (non-hydrogen) atoms. The maximum Gasteiger partial charge on any atom is 0.318 e. The van der Waals surface area contributed by atoms with Gasteiger partial charge in [0.1, 0.15) is 5.82 Å². The number of amides is 2. The molecular weight excluding hydrogens is 239 g/mol. The van der Waals surface area contributed by atoms with Crippen molar-refractivity contribution >= 4 is 27.6 Å². The normalized spacial score (nSPS) is 9.46. The number of nitrogens with one attached hydrogen (secondary N) is 2. The van der Waals surface area contributed by atoms with E-state index >= 15 is 0 Å². The van der Waals surface area contributed by atoms with Gasteiger partial charge in [0.05, 0.1) is 4.47 Å². The molecule has 0 fully saturated rings. The van der Waals surface area contributed by atoms with Gasteiger partial charge < -0.3 is 10.6 Å². The molecule has 0 saturated heterocycles. The molecule has 1 aromatic rings. The highest BCUT2D eigenvalue weighted by Gasteiger charge is 2.02. The zero-order chi connectivity index (χ0) is 9.84. The van der Waals surface area contributed by atoms with E-state index in [2.05, 4.69) is 26.6 Å². The summed E-state index contributed by atoms with van der Waals surface area (Å²) in [5.41, 5.74) is 0.417. The van der Waals surface area contributed by atoms with Crippen molar-refractivity contribution < 1.29 is 9.18 Å². The molecular formula is C8H8BrFN2O. The lowest BCUT2D eigenvalue weighted by Crippen LogP contribution is -2.24. The van der Waals surface area contributed by atoms with Crippen LogP contribution >= 0.6 is 15.9 Å². The van der Waals surface area contributed by atoms with Crippen LogP contribution in [0.2, 0.25) is 0 Å². The Morgan fingerprint density at radius 2 is 2.23 bits per heavy atom. The Morgan fingerprint density at radius 1 is 1.54 bits per heavy atom. The molecule has 70 valence electrons. The number of benzene rings is 1. The highest BCUT2D eigenvalue weighted by atomic mass is 79.9. The first kappa shape index (κ1) is 9.98. The van der Waals surface area contributed by atoms with Crippen LogP contribution in [-0.2, 0) is 0 Å². The van der Waals surface area contributed by atoms with E-state index in [1.165, 1.54) is 19.2 Å². The minimum Gasteiger partial charge on any atom is -0.341 e. The second-order valence-corrected chi connectivity index (χ2v) is 3.19. The minimum atomic E-state index is -0.408. The molecule has 0 atom stereocenters. The fraction of sp³-hybridized carbons (Fsp3) is 0.125. The third kappa shape index (κ3) is 2.69. The quantitative estimate of drug-likeness (QED) is 0.785. The molecule has 3 nitrogen and oxygen atoms in total. The van der Waals surface area contributed by atoms with Gasteiger partial charge in [0.25, 0.3) is 0 Å². The van der Waals surface area contributed by atoms with Crippen molar-refractivity contribution in [2.24, 2.45) is 0 Å². The Balaban J connectivity index is 2.79. The van der Waals surface area contributed by atoms with Crippen LogP contribution in [0.15, 0.2) is 22.7 Å². The molecule has 0 aromatic heterocycles.